The van der Waals surface area contributed by atoms with Crippen LogP contribution in [0.2, 0.25) is 0 Å². The zero-order valence-corrected chi connectivity index (χ0v) is 15.5. The Kier molecular flexibility index (Phi) is 7.37. The van der Waals surface area contributed by atoms with Gasteiger partial charge in [-0.25, -0.2) is 0 Å². The highest BCUT2D eigenvalue weighted by molar-refractivity contribution is 5.96. The van der Waals surface area contributed by atoms with E-state index in [1.165, 1.54) is 6.92 Å². The molecular formula is C20H24N4O3. The van der Waals surface area contributed by atoms with Gasteiger partial charge in [-0.2, -0.15) is 0 Å². The summed E-state index contributed by atoms with van der Waals surface area (Å²) in [5.41, 5.74) is 2.64. The van der Waals surface area contributed by atoms with Gasteiger partial charge in [-0.1, -0.05) is 6.92 Å². The highest BCUT2D eigenvalue weighted by Crippen LogP contribution is 2.14. The minimum atomic E-state index is -0.205. The third-order valence-electron chi connectivity index (χ3n) is 3.62. The molecule has 0 heterocycles. The summed E-state index contributed by atoms with van der Waals surface area (Å²) in [5, 5.41) is 11.3. The molecule has 0 spiro atoms. The lowest BCUT2D eigenvalue weighted by Crippen LogP contribution is -2.24. The smallest absolute Gasteiger partial charge is 0.251 e. The van der Waals surface area contributed by atoms with Gasteiger partial charge in [-0.05, 0) is 55.0 Å². The van der Waals surface area contributed by atoms with Crippen LogP contribution in [-0.4, -0.2) is 30.8 Å². The Morgan fingerprint density at radius 1 is 0.815 bits per heavy atom. The van der Waals surface area contributed by atoms with Crippen LogP contribution in [0.25, 0.3) is 0 Å². The highest BCUT2D eigenvalue weighted by Gasteiger charge is 2.06. The molecular weight excluding hydrogens is 344 g/mol. The number of hydrogen-bond donors (Lipinski definition) is 4. The van der Waals surface area contributed by atoms with Crippen LogP contribution < -0.4 is 21.3 Å². The molecule has 0 aromatic heterocycles. The van der Waals surface area contributed by atoms with E-state index in [9.17, 15) is 14.4 Å². The van der Waals surface area contributed by atoms with Crippen LogP contribution in [-0.2, 0) is 9.59 Å². The van der Waals surface area contributed by atoms with Crippen LogP contribution in [0, 0.1) is 0 Å². The van der Waals surface area contributed by atoms with Crippen molar-refractivity contribution >= 4 is 34.8 Å². The number of benzene rings is 2. The van der Waals surface area contributed by atoms with Gasteiger partial charge in [-0.15, -0.1) is 0 Å². The maximum Gasteiger partial charge on any atom is 0.251 e. The average Bonchev–Trinajstić information content (AvgIpc) is 2.65. The Hall–Kier alpha value is -3.35. The number of amides is 3. The van der Waals surface area contributed by atoms with Gasteiger partial charge in [0.25, 0.3) is 5.91 Å². The van der Waals surface area contributed by atoms with E-state index in [1.54, 1.807) is 48.5 Å². The van der Waals surface area contributed by atoms with Crippen LogP contribution >= 0.6 is 0 Å². The van der Waals surface area contributed by atoms with E-state index in [2.05, 4.69) is 21.3 Å². The first-order chi connectivity index (χ1) is 13.0. The summed E-state index contributed by atoms with van der Waals surface area (Å²) in [5.74, 6) is -0.466. The second-order valence-corrected chi connectivity index (χ2v) is 5.99. The fourth-order valence-electron chi connectivity index (χ4n) is 2.31. The topological polar surface area (TPSA) is 99.3 Å². The van der Waals surface area contributed by atoms with Gasteiger partial charge in [0.15, 0.2) is 0 Å². The summed E-state index contributed by atoms with van der Waals surface area (Å²) in [6, 6.07) is 13.8. The summed E-state index contributed by atoms with van der Waals surface area (Å²) in [7, 11) is 0. The SMILES string of the molecule is CCCNC(=O)c1ccc(NC(=O)CNc2ccc(NC(C)=O)cc2)cc1. The van der Waals surface area contributed by atoms with E-state index in [0.717, 1.165) is 12.1 Å². The summed E-state index contributed by atoms with van der Waals surface area (Å²) in [6.45, 7) is 4.16. The van der Waals surface area contributed by atoms with E-state index >= 15 is 0 Å². The van der Waals surface area contributed by atoms with Gasteiger partial charge in [0, 0.05) is 36.1 Å². The highest BCUT2D eigenvalue weighted by atomic mass is 16.2. The van der Waals surface area contributed by atoms with E-state index in [4.69, 9.17) is 0 Å². The molecule has 0 unspecified atom stereocenters. The molecule has 0 bridgehead atoms. The first kappa shape index (κ1) is 20.0. The van der Waals surface area contributed by atoms with Crippen molar-refractivity contribution in [1.29, 1.82) is 0 Å². The normalized spacial score (nSPS) is 10.0. The van der Waals surface area contributed by atoms with Crippen molar-refractivity contribution in [3.63, 3.8) is 0 Å². The number of carbonyl (C=O) groups is 3. The van der Waals surface area contributed by atoms with Crippen molar-refractivity contribution in [2.45, 2.75) is 20.3 Å². The van der Waals surface area contributed by atoms with Crippen LogP contribution in [0.1, 0.15) is 30.6 Å². The van der Waals surface area contributed by atoms with Crippen molar-refractivity contribution in [1.82, 2.24) is 5.32 Å². The standard InChI is InChI=1S/C20H24N4O3/c1-3-12-21-20(27)15-4-6-18(7-5-15)24-19(26)13-22-16-8-10-17(11-9-16)23-14(2)25/h4-11,22H,3,12-13H2,1-2H3,(H,21,27)(H,23,25)(H,24,26). The molecule has 0 saturated carbocycles. The zero-order valence-electron chi connectivity index (χ0n) is 15.5. The molecule has 2 aromatic rings. The molecule has 7 heteroatoms. The van der Waals surface area contributed by atoms with Gasteiger partial charge < -0.3 is 21.3 Å². The molecule has 0 aliphatic rings. The van der Waals surface area contributed by atoms with Crippen molar-refractivity contribution < 1.29 is 14.4 Å². The number of hydrogen-bond acceptors (Lipinski definition) is 4. The monoisotopic (exact) mass is 368 g/mol. The van der Waals surface area contributed by atoms with Crippen molar-refractivity contribution in [3.05, 3.63) is 54.1 Å². The summed E-state index contributed by atoms with van der Waals surface area (Å²) in [4.78, 5) is 34.9. The second-order valence-electron chi connectivity index (χ2n) is 5.99. The Bertz CT molecular complexity index is 786. The summed E-state index contributed by atoms with van der Waals surface area (Å²) in [6.07, 6.45) is 0.878. The Balaban J connectivity index is 1.81. The van der Waals surface area contributed by atoms with E-state index < -0.39 is 0 Å². The number of nitrogens with one attached hydrogen (secondary N) is 4. The Morgan fingerprint density at radius 2 is 1.37 bits per heavy atom. The summed E-state index contributed by atoms with van der Waals surface area (Å²) < 4.78 is 0. The minimum Gasteiger partial charge on any atom is -0.376 e. The number of rotatable bonds is 8. The van der Waals surface area contributed by atoms with Crippen LogP contribution in [0.5, 0.6) is 0 Å². The largest absolute Gasteiger partial charge is 0.376 e. The molecule has 142 valence electrons. The number of anilines is 3. The molecule has 7 nitrogen and oxygen atoms in total. The Morgan fingerprint density at radius 3 is 1.96 bits per heavy atom. The van der Waals surface area contributed by atoms with Gasteiger partial charge in [-0.3, -0.25) is 14.4 Å². The molecule has 27 heavy (non-hydrogen) atoms. The fraction of sp³-hybridized carbons (Fsp3) is 0.250. The second kappa shape index (κ2) is 9.96. The van der Waals surface area contributed by atoms with Crippen LogP contribution in [0.15, 0.2) is 48.5 Å². The maximum absolute atomic E-state index is 12.0. The van der Waals surface area contributed by atoms with Crippen molar-refractivity contribution in [2.24, 2.45) is 0 Å². The third-order valence-corrected chi connectivity index (χ3v) is 3.62. The van der Waals surface area contributed by atoms with Crippen LogP contribution in [0.4, 0.5) is 17.1 Å². The molecule has 2 aromatic carbocycles. The first-order valence-corrected chi connectivity index (χ1v) is 8.77. The Labute approximate surface area is 158 Å². The molecule has 0 aliphatic heterocycles. The molecule has 0 saturated heterocycles. The van der Waals surface area contributed by atoms with Crippen LogP contribution in [0.3, 0.4) is 0 Å². The first-order valence-electron chi connectivity index (χ1n) is 8.77. The minimum absolute atomic E-state index is 0.0955. The van der Waals surface area contributed by atoms with Crippen molar-refractivity contribution in [2.75, 3.05) is 29.0 Å². The molecule has 4 N–H and O–H groups in total. The van der Waals surface area contributed by atoms with Crippen molar-refractivity contribution in [3.8, 4) is 0 Å². The van der Waals surface area contributed by atoms with E-state index in [-0.39, 0.29) is 24.3 Å². The van der Waals surface area contributed by atoms with Gasteiger partial charge >= 0.3 is 0 Å². The predicted molar refractivity (Wildman–Crippen MR) is 107 cm³/mol. The van der Waals surface area contributed by atoms with Gasteiger partial charge in [0.05, 0.1) is 6.54 Å². The predicted octanol–water partition coefficient (Wildman–Crippen LogP) is 2.84. The average molecular weight is 368 g/mol. The molecule has 0 radical (unpaired) electrons. The lowest BCUT2D eigenvalue weighted by Gasteiger charge is -2.09. The molecule has 3 amide bonds. The maximum atomic E-state index is 12.0. The quantitative estimate of drug-likeness (QED) is 0.576. The molecule has 2 rings (SSSR count). The summed E-state index contributed by atoms with van der Waals surface area (Å²) >= 11 is 0. The lowest BCUT2D eigenvalue weighted by molar-refractivity contribution is -0.115. The third kappa shape index (κ3) is 6.81. The molecule has 0 aliphatic carbocycles. The number of carbonyl (C=O) groups excluding carboxylic acids is 3. The molecule has 0 fully saturated rings. The van der Waals surface area contributed by atoms with E-state index in [1.807, 2.05) is 6.92 Å². The zero-order chi connectivity index (χ0) is 19.6. The van der Waals surface area contributed by atoms with E-state index in [0.29, 0.717) is 23.5 Å². The van der Waals surface area contributed by atoms with Gasteiger partial charge in [0.1, 0.15) is 0 Å². The fourth-order valence-corrected chi connectivity index (χ4v) is 2.31. The molecule has 0 atom stereocenters. The van der Waals surface area contributed by atoms with Gasteiger partial charge in [0.2, 0.25) is 11.8 Å². The lowest BCUT2D eigenvalue weighted by atomic mass is 10.2.